The van der Waals surface area contributed by atoms with Crippen LogP contribution in [0.25, 0.3) is 10.9 Å². The molecule has 0 radical (unpaired) electrons. The van der Waals surface area contributed by atoms with Crippen LogP contribution in [0.4, 0.5) is 5.69 Å². The summed E-state index contributed by atoms with van der Waals surface area (Å²) in [7, 11) is 1.67. The number of benzene rings is 2. The summed E-state index contributed by atoms with van der Waals surface area (Å²) in [5.41, 5.74) is 4.46. The normalized spacial score (nSPS) is 13.5. The molecule has 1 aliphatic rings. The van der Waals surface area contributed by atoms with Gasteiger partial charge in [0.15, 0.2) is 0 Å². The van der Waals surface area contributed by atoms with E-state index in [1.807, 2.05) is 36.4 Å². The van der Waals surface area contributed by atoms with E-state index < -0.39 is 0 Å². The summed E-state index contributed by atoms with van der Waals surface area (Å²) in [5.74, 6) is 1.70. The Hall–Kier alpha value is -2.46. The van der Waals surface area contributed by atoms with Crippen molar-refractivity contribution in [3.63, 3.8) is 0 Å². The second-order valence-corrected chi connectivity index (χ2v) is 6.79. The second-order valence-electron chi connectivity index (χ2n) is 6.79. The van der Waals surface area contributed by atoms with Crippen LogP contribution in [0.15, 0.2) is 48.5 Å². The number of pyridine rings is 1. The third-order valence-corrected chi connectivity index (χ3v) is 4.90. The number of hydrogen-bond donors (Lipinski definition) is 0. The summed E-state index contributed by atoms with van der Waals surface area (Å²) in [5, 5.41) is 1.20. The van der Waals surface area contributed by atoms with Crippen molar-refractivity contribution < 1.29 is 9.47 Å². The van der Waals surface area contributed by atoms with E-state index in [9.17, 15) is 0 Å². The predicted molar refractivity (Wildman–Crippen MR) is 113 cm³/mol. The number of hydrogen-bond acceptors (Lipinski definition) is 4. The average Bonchev–Trinajstić information content (AvgIpc) is 3.20. The largest absolute Gasteiger partial charge is 0.497 e. The minimum atomic E-state index is 0. The summed E-state index contributed by atoms with van der Waals surface area (Å²) in [4.78, 5) is 7.19. The van der Waals surface area contributed by atoms with Gasteiger partial charge in [-0.3, -0.25) is 4.98 Å². The fourth-order valence-electron chi connectivity index (χ4n) is 3.52. The summed E-state index contributed by atoms with van der Waals surface area (Å²) in [6.45, 7) is 4.85. The highest BCUT2D eigenvalue weighted by Crippen LogP contribution is 2.31. The summed E-state index contributed by atoms with van der Waals surface area (Å²) in [6.07, 6.45) is 2.54. The molecule has 0 amide bonds. The molecule has 4 nitrogen and oxygen atoms in total. The lowest BCUT2D eigenvalue weighted by Crippen LogP contribution is -2.18. The van der Waals surface area contributed by atoms with E-state index in [2.05, 4.69) is 24.0 Å². The maximum atomic E-state index is 5.98. The Balaban J connectivity index is 0.00000210. The minimum Gasteiger partial charge on any atom is -0.497 e. The maximum Gasteiger partial charge on any atom is 0.122 e. The molecule has 4 rings (SSSR count). The van der Waals surface area contributed by atoms with Crippen LogP contribution in [0.2, 0.25) is 0 Å². The molecular formula is C22H25ClN2O2. The fourth-order valence-corrected chi connectivity index (χ4v) is 3.52. The number of fused-ring (bicyclic) bond motifs is 1. The molecule has 0 unspecified atom stereocenters. The zero-order valence-electron chi connectivity index (χ0n) is 15.8. The quantitative estimate of drug-likeness (QED) is 0.609. The van der Waals surface area contributed by atoms with Gasteiger partial charge >= 0.3 is 0 Å². The average molecular weight is 385 g/mol. The van der Waals surface area contributed by atoms with Gasteiger partial charge in [0.25, 0.3) is 0 Å². The molecule has 1 aromatic heterocycles. The van der Waals surface area contributed by atoms with Gasteiger partial charge in [0, 0.05) is 35.9 Å². The van der Waals surface area contributed by atoms with Crippen LogP contribution in [0.1, 0.15) is 24.1 Å². The molecule has 2 aromatic carbocycles. The summed E-state index contributed by atoms with van der Waals surface area (Å²) >= 11 is 0. The van der Waals surface area contributed by atoms with Crippen LogP contribution < -0.4 is 14.4 Å². The van der Waals surface area contributed by atoms with Crippen LogP contribution >= 0.6 is 12.4 Å². The van der Waals surface area contributed by atoms with Gasteiger partial charge in [-0.05, 0) is 55.7 Å². The molecule has 0 atom stereocenters. The van der Waals surface area contributed by atoms with Crippen molar-refractivity contribution in [1.29, 1.82) is 0 Å². The van der Waals surface area contributed by atoms with Crippen molar-refractivity contribution in [2.24, 2.45) is 0 Å². The van der Waals surface area contributed by atoms with Gasteiger partial charge in [0.1, 0.15) is 18.1 Å². The van der Waals surface area contributed by atoms with Crippen LogP contribution in [0.3, 0.4) is 0 Å². The molecule has 0 spiro atoms. The lowest BCUT2D eigenvalue weighted by Gasteiger charge is -2.20. The minimum absolute atomic E-state index is 0. The number of aromatic nitrogens is 1. The zero-order valence-corrected chi connectivity index (χ0v) is 16.6. The van der Waals surface area contributed by atoms with Crippen molar-refractivity contribution in [2.45, 2.75) is 26.4 Å². The zero-order chi connectivity index (χ0) is 17.9. The van der Waals surface area contributed by atoms with Crippen molar-refractivity contribution in [2.75, 3.05) is 25.1 Å². The van der Waals surface area contributed by atoms with Crippen LogP contribution in [-0.4, -0.2) is 25.2 Å². The molecule has 27 heavy (non-hydrogen) atoms. The van der Waals surface area contributed by atoms with E-state index in [0.29, 0.717) is 6.61 Å². The second kappa shape index (κ2) is 8.49. The fraction of sp³-hybridized carbons (Fsp3) is 0.318. The molecule has 5 heteroatoms. The maximum absolute atomic E-state index is 5.98. The highest BCUT2D eigenvalue weighted by atomic mass is 35.5. The van der Waals surface area contributed by atoms with Gasteiger partial charge in [0.05, 0.1) is 12.6 Å². The Kier molecular flexibility index (Phi) is 6.07. The van der Waals surface area contributed by atoms with Gasteiger partial charge < -0.3 is 14.4 Å². The predicted octanol–water partition coefficient (Wildman–Crippen LogP) is 5.15. The standard InChI is InChI=1S/C22H24N2O2.ClH/c1-16-13-22(24-11-3-4-12-24)20-10-9-19(14-21(20)23-16)26-15-17-5-7-18(25-2)8-6-17;/h5-10,13-14H,3-4,11-12,15H2,1-2H3;1H. The lowest BCUT2D eigenvalue weighted by atomic mass is 10.1. The molecule has 0 saturated carbocycles. The lowest BCUT2D eigenvalue weighted by molar-refractivity contribution is 0.306. The summed E-state index contributed by atoms with van der Waals surface area (Å²) in [6, 6.07) is 16.4. The molecule has 0 bridgehead atoms. The van der Waals surface area contributed by atoms with Crippen LogP contribution in [-0.2, 0) is 6.61 Å². The van der Waals surface area contributed by atoms with Gasteiger partial charge in [-0.2, -0.15) is 0 Å². The Morgan fingerprint density at radius 1 is 0.963 bits per heavy atom. The monoisotopic (exact) mass is 384 g/mol. The molecule has 1 fully saturated rings. The first-order chi connectivity index (χ1) is 12.7. The number of anilines is 1. The van der Waals surface area contributed by atoms with Gasteiger partial charge in [0.2, 0.25) is 0 Å². The number of ether oxygens (including phenoxy) is 2. The van der Waals surface area contributed by atoms with Crippen LogP contribution in [0, 0.1) is 6.92 Å². The highest BCUT2D eigenvalue weighted by molar-refractivity contribution is 5.93. The molecule has 1 saturated heterocycles. The van der Waals surface area contributed by atoms with Gasteiger partial charge in [-0.15, -0.1) is 12.4 Å². The van der Waals surface area contributed by atoms with Crippen molar-refractivity contribution >= 4 is 29.0 Å². The van der Waals surface area contributed by atoms with Gasteiger partial charge in [-0.25, -0.2) is 0 Å². The molecule has 3 aromatic rings. The van der Waals surface area contributed by atoms with Crippen molar-refractivity contribution in [3.05, 3.63) is 59.8 Å². The molecular weight excluding hydrogens is 360 g/mol. The van der Waals surface area contributed by atoms with Gasteiger partial charge in [-0.1, -0.05) is 12.1 Å². The number of rotatable bonds is 5. The smallest absolute Gasteiger partial charge is 0.122 e. The third kappa shape index (κ3) is 4.28. The molecule has 0 aliphatic carbocycles. The number of methoxy groups -OCH3 is 1. The highest BCUT2D eigenvalue weighted by Gasteiger charge is 2.16. The topological polar surface area (TPSA) is 34.6 Å². The molecule has 142 valence electrons. The number of nitrogens with zero attached hydrogens (tertiary/aromatic N) is 2. The Morgan fingerprint density at radius 3 is 2.37 bits per heavy atom. The first-order valence-electron chi connectivity index (χ1n) is 9.15. The third-order valence-electron chi connectivity index (χ3n) is 4.90. The summed E-state index contributed by atoms with van der Waals surface area (Å²) < 4.78 is 11.2. The van der Waals surface area contributed by atoms with E-state index >= 15 is 0 Å². The number of aryl methyl sites for hydroxylation is 1. The Morgan fingerprint density at radius 2 is 1.67 bits per heavy atom. The first-order valence-corrected chi connectivity index (χ1v) is 9.15. The van der Waals surface area contributed by atoms with E-state index in [0.717, 1.165) is 41.4 Å². The molecule has 1 aliphatic heterocycles. The first kappa shape index (κ1) is 19.3. The van der Waals surface area contributed by atoms with Crippen molar-refractivity contribution in [1.82, 2.24) is 4.98 Å². The van der Waals surface area contributed by atoms with Crippen molar-refractivity contribution in [3.8, 4) is 11.5 Å². The Labute approximate surface area is 166 Å². The molecule has 0 N–H and O–H groups in total. The number of halogens is 1. The van der Waals surface area contributed by atoms with E-state index in [1.54, 1.807) is 7.11 Å². The van der Waals surface area contributed by atoms with Crippen LogP contribution in [0.5, 0.6) is 11.5 Å². The van der Waals surface area contributed by atoms with E-state index in [1.165, 1.54) is 23.9 Å². The Bertz CT molecular complexity index is 906. The van der Waals surface area contributed by atoms with E-state index in [4.69, 9.17) is 14.5 Å². The molecule has 2 heterocycles. The van der Waals surface area contributed by atoms with E-state index in [-0.39, 0.29) is 12.4 Å². The SMILES string of the molecule is COc1ccc(COc2ccc3c(N4CCCC4)cc(C)nc3c2)cc1.Cl.